The van der Waals surface area contributed by atoms with Crippen LogP contribution in [-0.4, -0.2) is 24.6 Å². The van der Waals surface area contributed by atoms with E-state index in [0.717, 1.165) is 24.3 Å². The predicted molar refractivity (Wildman–Crippen MR) is 64.8 cm³/mol. The van der Waals surface area contributed by atoms with Gasteiger partial charge in [0.1, 0.15) is 5.75 Å². The van der Waals surface area contributed by atoms with Crippen molar-refractivity contribution in [2.24, 2.45) is 0 Å². The van der Waals surface area contributed by atoms with Gasteiger partial charge in [0.25, 0.3) is 0 Å². The maximum Gasteiger partial charge on any atom is 0.123 e. The normalized spacial score (nSPS) is 10.3. The van der Waals surface area contributed by atoms with Crippen molar-refractivity contribution in [2.45, 2.75) is 24.7 Å². The molecular weight excluding hydrogens is 208 g/mol. The molecule has 0 saturated carbocycles. The lowest BCUT2D eigenvalue weighted by atomic mass is 10.1. The summed E-state index contributed by atoms with van der Waals surface area (Å²) in [7, 11) is 1.70. The molecule has 3 heteroatoms. The van der Waals surface area contributed by atoms with Crippen molar-refractivity contribution < 1.29 is 9.84 Å². The lowest BCUT2D eigenvalue weighted by Gasteiger charge is -2.12. The summed E-state index contributed by atoms with van der Waals surface area (Å²) in [5.74, 6) is 1.70. The fourth-order valence-corrected chi connectivity index (χ4v) is 2.39. The molecule has 0 spiro atoms. The van der Waals surface area contributed by atoms with Crippen LogP contribution in [-0.2, 0) is 6.42 Å². The Labute approximate surface area is 95.7 Å². The Kier molecular flexibility index (Phi) is 5.58. The fraction of sp³-hybridized carbons (Fsp3) is 0.500. The largest absolute Gasteiger partial charge is 0.496 e. The number of thioether (sulfide) groups is 1. The van der Waals surface area contributed by atoms with E-state index in [-0.39, 0.29) is 6.61 Å². The summed E-state index contributed by atoms with van der Waals surface area (Å²) in [5, 5.41) is 8.82. The topological polar surface area (TPSA) is 29.5 Å². The SMILES string of the molecule is CCCc1c(OC)cccc1SCCO. The van der Waals surface area contributed by atoms with Crippen molar-refractivity contribution in [3.05, 3.63) is 23.8 Å². The maximum atomic E-state index is 8.82. The van der Waals surface area contributed by atoms with Crippen LogP contribution in [0.4, 0.5) is 0 Å². The molecule has 1 aromatic rings. The third-order valence-corrected chi connectivity index (χ3v) is 3.24. The summed E-state index contributed by atoms with van der Waals surface area (Å²) >= 11 is 1.69. The number of aliphatic hydroxyl groups excluding tert-OH is 1. The Morgan fingerprint density at radius 3 is 2.80 bits per heavy atom. The molecule has 0 atom stereocenters. The first-order chi connectivity index (χ1) is 7.33. The summed E-state index contributed by atoms with van der Waals surface area (Å²) in [5.41, 5.74) is 1.26. The number of methoxy groups -OCH3 is 1. The zero-order valence-corrected chi connectivity index (χ0v) is 10.1. The number of benzene rings is 1. The lowest BCUT2D eigenvalue weighted by Crippen LogP contribution is -1.95. The first-order valence-electron chi connectivity index (χ1n) is 5.23. The van der Waals surface area contributed by atoms with Crippen LogP contribution in [0.2, 0.25) is 0 Å². The third kappa shape index (κ3) is 3.43. The van der Waals surface area contributed by atoms with Crippen molar-refractivity contribution in [2.75, 3.05) is 19.5 Å². The molecule has 2 nitrogen and oxygen atoms in total. The van der Waals surface area contributed by atoms with Crippen LogP contribution in [0.15, 0.2) is 23.1 Å². The van der Waals surface area contributed by atoms with Crippen molar-refractivity contribution in [3.63, 3.8) is 0 Å². The van der Waals surface area contributed by atoms with E-state index in [2.05, 4.69) is 13.0 Å². The van der Waals surface area contributed by atoms with Gasteiger partial charge in [-0.2, -0.15) is 0 Å². The Morgan fingerprint density at radius 1 is 1.40 bits per heavy atom. The molecule has 1 rings (SSSR count). The quantitative estimate of drug-likeness (QED) is 0.756. The molecule has 0 aliphatic rings. The number of aliphatic hydroxyl groups is 1. The van der Waals surface area contributed by atoms with E-state index < -0.39 is 0 Å². The van der Waals surface area contributed by atoms with Gasteiger partial charge in [0.15, 0.2) is 0 Å². The summed E-state index contributed by atoms with van der Waals surface area (Å²) in [6.07, 6.45) is 2.13. The van der Waals surface area contributed by atoms with Gasteiger partial charge in [0.05, 0.1) is 13.7 Å². The molecule has 0 bridgehead atoms. The zero-order chi connectivity index (χ0) is 11.1. The number of hydrogen-bond donors (Lipinski definition) is 1. The second kappa shape index (κ2) is 6.75. The Balaban J connectivity index is 2.90. The van der Waals surface area contributed by atoms with Gasteiger partial charge in [-0.3, -0.25) is 0 Å². The molecule has 0 aliphatic carbocycles. The smallest absolute Gasteiger partial charge is 0.123 e. The minimum atomic E-state index is 0.216. The van der Waals surface area contributed by atoms with Crippen LogP contribution in [0, 0.1) is 0 Å². The zero-order valence-electron chi connectivity index (χ0n) is 9.32. The van der Waals surface area contributed by atoms with Crippen LogP contribution >= 0.6 is 11.8 Å². The molecule has 0 saturated heterocycles. The van der Waals surface area contributed by atoms with E-state index in [1.54, 1.807) is 18.9 Å². The highest BCUT2D eigenvalue weighted by atomic mass is 32.2. The second-order valence-corrected chi connectivity index (χ2v) is 4.40. The molecule has 0 aliphatic heterocycles. The molecule has 1 N–H and O–H groups in total. The van der Waals surface area contributed by atoms with Gasteiger partial charge in [0, 0.05) is 16.2 Å². The molecule has 0 fully saturated rings. The van der Waals surface area contributed by atoms with Crippen LogP contribution < -0.4 is 4.74 Å². The summed E-state index contributed by atoms with van der Waals surface area (Å²) < 4.78 is 5.34. The lowest BCUT2D eigenvalue weighted by molar-refractivity contribution is 0.322. The molecule has 0 unspecified atom stereocenters. The van der Waals surface area contributed by atoms with Crippen molar-refractivity contribution in [3.8, 4) is 5.75 Å². The number of hydrogen-bond acceptors (Lipinski definition) is 3. The van der Waals surface area contributed by atoms with Gasteiger partial charge >= 0.3 is 0 Å². The predicted octanol–water partition coefficient (Wildman–Crippen LogP) is 2.73. The maximum absolute atomic E-state index is 8.82. The minimum absolute atomic E-state index is 0.216. The van der Waals surface area contributed by atoms with Gasteiger partial charge < -0.3 is 9.84 Å². The summed E-state index contributed by atoms with van der Waals surface area (Å²) in [6.45, 7) is 2.38. The first kappa shape index (κ1) is 12.4. The van der Waals surface area contributed by atoms with Crippen molar-refractivity contribution in [1.82, 2.24) is 0 Å². The van der Waals surface area contributed by atoms with E-state index in [9.17, 15) is 0 Å². The highest BCUT2D eigenvalue weighted by Gasteiger charge is 2.07. The van der Waals surface area contributed by atoms with E-state index in [0.29, 0.717) is 0 Å². The van der Waals surface area contributed by atoms with Crippen LogP contribution in [0.3, 0.4) is 0 Å². The Morgan fingerprint density at radius 2 is 2.20 bits per heavy atom. The Bertz CT molecular complexity index is 300. The Hall–Kier alpha value is -0.670. The van der Waals surface area contributed by atoms with E-state index in [4.69, 9.17) is 9.84 Å². The minimum Gasteiger partial charge on any atom is -0.496 e. The van der Waals surface area contributed by atoms with E-state index in [1.165, 1.54) is 10.5 Å². The summed E-state index contributed by atoms with van der Waals surface area (Å²) in [6, 6.07) is 6.08. The molecule has 84 valence electrons. The van der Waals surface area contributed by atoms with Crippen LogP contribution in [0.1, 0.15) is 18.9 Å². The number of rotatable bonds is 6. The molecule has 0 amide bonds. The molecule has 0 aromatic heterocycles. The summed E-state index contributed by atoms with van der Waals surface area (Å²) in [4.78, 5) is 1.23. The molecule has 1 aromatic carbocycles. The molecular formula is C12H18O2S. The van der Waals surface area contributed by atoms with Gasteiger partial charge in [-0.25, -0.2) is 0 Å². The highest BCUT2D eigenvalue weighted by Crippen LogP contribution is 2.30. The third-order valence-electron chi connectivity index (χ3n) is 2.16. The average Bonchev–Trinajstić information content (AvgIpc) is 2.28. The van der Waals surface area contributed by atoms with E-state index in [1.807, 2.05) is 12.1 Å². The standard InChI is InChI=1S/C12H18O2S/c1-3-5-10-11(14-2)6-4-7-12(10)15-9-8-13/h4,6-7,13H,3,5,8-9H2,1-2H3. The van der Waals surface area contributed by atoms with Gasteiger partial charge in [-0.05, 0) is 18.6 Å². The van der Waals surface area contributed by atoms with Crippen molar-refractivity contribution in [1.29, 1.82) is 0 Å². The van der Waals surface area contributed by atoms with E-state index >= 15 is 0 Å². The highest BCUT2D eigenvalue weighted by molar-refractivity contribution is 7.99. The van der Waals surface area contributed by atoms with Gasteiger partial charge in [0.2, 0.25) is 0 Å². The van der Waals surface area contributed by atoms with Crippen molar-refractivity contribution >= 4 is 11.8 Å². The molecule has 0 radical (unpaired) electrons. The molecule has 0 heterocycles. The second-order valence-electron chi connectivity index (χ2n) is 3.26. The first-order valence-corrected chi connectivity index (χ1v) is 6.21. The average molecular weight is 226 g/mol. The van der Waals surface area contributed by atoms with Crippen LogP contribution in [0.5, 0.6) is 5.75 Å². The van der Waals surface area contributed by atoms with Crippen LogP contribution in [0.25, 0.3) is 0 Å². The van der Waals surface area contributed by atoms with Gasteiger partial charge in [-0.1, -0.05) is 19.4 Å². The fourth-order valence-electron chi connectivity index (χ4n) is 1.52. The van der Waals surface area contributed by atoms with Gasteiger partial charge in [-0.15, -0.1) is 11.8 Å². The monoisotopic (exact) mass is 226 g/mol. The number of ether oxygens (including phenoxy) is 1. The molecule has 15 heavy (non-hydrogen) atoms.